The highest BCUT2D eigenvalue weighted by molar-refractivity contribution is 5.92. The standard InChI is InChI=1S/C18H12N4O7/c23-18(17-2-1-9-28-17)20-19-11-12-3-6-14(7-4-12)29-16-8-5-13(21(24)25)10-15(16)22(26)27/h1-11H,(H,20,23)/b19-11-. The van der Waals surface area contributed by atoms with Gasteiger partial charge in [0.25, 0.3) is 5.69 Å². The van der Waals surface area contributed by atoms with Crippen LogP contribution >= 0.6 is 0 Å². The van der Waals surface area contributed by atoms with Crippen molar-refractivity contribution in [2.75, 3.05) is 0 Å². The van der Waals surface area contributed by atoms with Gasteiger partial charge in [0.2, 0.25) is 5.75 Å². The molecule has 0 saturated carbocycles. The van der Waals surface area contributed by atoms with Gasteiger partial charge in [-0.1, -0.05) is 0 Å². The van der Waals surface area contributed by atoms with Crippen LogP contribution in [0.25, 0.3) is 0 Å². The summed E-state index contributed by atoms with van der Waals surface area (Å²) in [5.41, 5.74) is 1.99. The lowest BCUT2D eigenvalue weighted by molar-refractivity contribution is -0.394. The van der Waals surface area contributed by atoms with Gasteiger partial charge in [0.1, 0.15) is 5.75 Å². The van der Waals surface area contributed by atoms with Crippen LogP contribution in [0.2, 0.25) is 0 Å². The molecular formula is C18H12N4O7. The van der Waals surface area contributed by atoms with E-state index >= 15 is 0 Å². The molecule has 0 atom stereocenters. The zero-order valence-corrected chi connectivity index (χ0v) is 14.6. The fourth-order valence-corrected chi connectivity index (χ4v) is 2.23. The third kappa shape index (κ3) is 4.80. The average molecular weight is 396 g/mol. The van der Waals surface area contributed by atoms with Crippen molar-refractivity contribution in [2.24, 2.45) is 5.10 Å². The average Bonchev–Trinajstić information content (AvgIpc) is 3.24. The fraction of sp³-hybridized carbons (Fsp3) is 0. The monoisotopic (exact) mass is 396 g/mol. The number of rotatable bonds is 7. The summed E-state index contributed by atoms with van der Waals surface area (Å²) in [7, 11) is 0. The Morgan fingerprint density at radius 1 is 1.07 bits per heavy atom. The number of amides is 1. The van der Waals surface area contributed by atoms with Crippen molar-refractivity contribution in [3.8, 4) is 11.5 Å². The van der Waals surface area contributed by atoms with Crippen LogP contribution in [-0.2, 0) is 0 Å². The summed E-state index contributed by atoms with van der Waals surface area (Å²) in [6.07, 6.45) is 2.76. The van der Waals surface area contributed by atoms with E-state index in [2.05, 4.69) is 10.5 Å². The SMILES string of the molecule is O=C(N/N=C\c1ccc(Oc2ccc([N+](=O)[O-])cc2[N+](=O)[O-])cc1)c1ccco1. The van der Waals surface area contributed by atoms with Crippen LogP contribution in [0.1, 0.15) is 16.1 Å². The first kappa shape index (κ1) is 19.2. The van der Waals surface area contributed by atoms with Gasteiger partial charge in [0, 0.05) is 6.07 Å². The van der Waals surface area contributed by atoms with Crippen molar-refractivity contribution in [1.82, 2.24) is 5.43 Å². The summed E-state index contributed by atoms with van der Waals surface area (Å²) in [5, 5.41) is 25.7. The second kappa shape index (κ2) is 8.43. The number of benzene rings is 2. The normalized spacial score (nSPS) is 10.6. The summed E-state index contributed by atoms with van der Waals surface area (Å²) in [6.45, 7) is 0. The van der Waals surface area contributed by atoms with Crippen molar-refractivity contribution in [2.45, 2.75) is 0 Å². The van der Waals surface area contributed by atoms with Gasteiger partial charge in [0.15, 0.2) is 5.76 Å². The van der Waals surface area contributed by atoms with Crippen LogP contribution in [0.4, 0.5) is 11.4 Å². The van der Waals surface area contributed by atoms with Crippen LogP contribution in [0.15, 0.2) is 70.4 Å². The van der Waals surface area contributed by atoms with E-state index in [1.54, 1.807) is 18.2 Å². The Hall–Kier alpha value is -4.54. The maximum absolute atomic E-state index is 11.7. The third-order valence-corrected chi connectivity index (χ3v) is 3.58. The van der Waals surface area contributed by atoms with Gasteiger partial charge in [-0.2, -0.15) is 5.10 Å². The van der Waals surface area contributed by atoms with E-state index < -0.39 is 27.1 Å². The van der Waals surface area contributed by atoms with Gasteiger partial charge >= 0.3 is 11.6 Å². The van der Waals surface area contributed by atoms with E-state index in [0.717, 1.165) is 18.2 Å². The second-order valence-corrected chi connectivity index (χ2v) is 5.51. The number of furan rings is 1. The highest BCUT2D eigenvalue weighted by atomic mass is 16.6. The molecule has 0 aliphatic carbocycles. The molecule has 0 saturated heterocycles. The van der Waals surface area contributed by atoms with Gasteiger partial charge < -0.3 is 9.15 Å². The van der Waals surface area contributed by atoms with E-state index in [0.29, 0.717) is 5.56 Å². The lowest BCUT2D eigenvalue weighted by atomic mass is 10.2. The molecule has 29 heavy (non-hydrogen) atoms. The minimum absolute atomic E-state index is 0.121. The van der Waals surface area contributed by atoms with Crippen LogP contribution in [0.5, 0.6) is 11.5 Å². The first-order valence-corrected chi connectivity index (χ1v) is 8.01. The zero-order valence-electron chi connectivity index (χ0n) is 14.6. The van der Waals surface area contributed by atoms with Gasteiger partial charge in [-0.3, -0.25) is 25.0 Å². The molecule has 3 rings (SSSR count). The number of carbonyl (C=O) groups is 1. The van der Waals surface area contributed by atoms with Gasteiger partial charge in [-0.15, -0.1) is 0 Å². The zero-order chi connectivity index (χ0) is 20.8. The third-order valence-electron chi connectivity index (χ3n) is 3.58. The molecule has 0 fully saturated rings. The quantitative estimate of drug-likeness (QED) is 0.364. The Morgan fingerprint density at radius 3 is 2.45 bits per heavy atom. The lowest BCUT2D eigenvalue weighted by Gasteiger charge is -2.06. The first-order valence-electron chi connectivity index (χ1n) is 8.01. The molecule has 0 aliphatic heterocycles. The number of non-ortho nitro benzene ring substituents is 1. The number of ether oxygens (including phenoxy) is 1. The lowest BCUT2D eigenvalue weighted by Crippen LogP contribution is -2.16. The van der Waals surface area contributed by atoms with Crippen LogP contribution in [0.3, 0.4) is 0 Å². The van der Waals surface area contributed by atoms with Crippen LogP contribution in [0, 0.1) is 20.2 Å². The van der Waals surface area contributed by atoms with Crippen molar-refractivity contribution in [1.29, 1.82) is 0 Å². The summed E-state index contributed by atoms with van der Waals surface area (Å²) in [5.74, 6) is -0.237. The van der Waals surface area contributed by atoms with E-state index in [-0.39, 0.29) is 17.3 Å². The maximum atomic E-state index is 11.7. The molecule has 1 N–H and O–H groups in total. The molecule has 3 aromatic rings. The molecule has 1 heterocycles. The predicted molar refractivity (Wildman–Crippen MR) is 100 cm³/mol. The molecule has 1 amide bonds. The predicted octanol–water partition coefficient (Wildman–Crippen LogP) is 3.65. The van der Waals surface area contributed by atoms with Gasteiger partial charge in [0.05, 0.1) is 28.4 Å². The van der Waals surface area contributed by atoms with E-state index in [4.69, 9.17) is 9.15 Å². The number of carbonyl (C=O) groups excluding carboxylic acids is 1. The fourth-order valence-electron chi connectivity index (χ4n) is 2.23. The second-order valence-electron chi connectivity index (χ2n) is 5.51. The van der Waals surface area contributed by atoms with Gasteiger partial charge in [-0.05, 0) is 48.0 Å². The number of hydrogen-bond acceptors (Lipinski definition) is 8. The highest BCUT2D eigenvalue weighted by Crippen LogP contribution is 2.34. The van der Waals surface area contributed by atoms with Crippen molar-refractivity contribution in [3.63, 3.8) is 0 Å². The molecular weight excluding hydrogens is 384 g/mol. The van der Waals surface area contributed by atoms with Crippen molar-refractivity contribution in [3.05, 3.63) is 92.4 Å². The minimum Gasteiger partial charge on any atom is -0.459 e. The van der Waals surface area contributed by atoms with Gasteiger partial charge in [-0.25, -0.2) is 5.43 Å². The summed E-state index contributed by atoms with van der Waals surface area (Å²) >= 11 is 0. The number of hydrazone groups is 1. The molecule has 0 spiro atoms. The summed E-state index contributed by atoms with van der Waals surface area (Å²) in [6, 6.07) is 12.5. The number of nitrogens with one attached hydrogen (secondary N) is 1. The number of nitro groups is 2. The van der Waals surface area contributed by atoms with Crippen LogP contribution in [-0.4, -0.2) is 22.0 Å². The molecule has 0 unspecified atom stereocenters. The molecule has 0 radical (unpaired) electrons. The smallest absolute Gasteiger partial charge is 0.318 e. The molecule has 0 aliphatic rings. The topological polar surface area (TPSA) is 150 Å². The van der Waals surface area contributed by atoms with Crippen LogP contribution < -0.4 is 10.2 Å². The largest absolute Gasteiger partial charge is 0.459 e. The molecule has 11 heteroatoms. The Bertz CT molecular complexity index is 1080. The number of nitrogens with zero attached hydrogens (tertiary/aromatic N) is 3. The highest BCUT2D eigenvalue weighted by Gasteiger charge is 2.21. The Balaban J connectivity index is 1.68. The first-order chi connectivity index (χ1) is 13.9. The molecule has 0 bridgehead atoms. The molecule has 1 aromatic heterocycles. The van der Waals surface area contributed by atoms with Crippen molar-refractivity contribution < 1.29 is 23.8 Å². The maximum Gasteiger partial charge on any atom is 0.318 e. The number of nitro benzene ring substituents is 2. The molecule has 2 aromatic carbocycles. The number of hydrogen-bond donors (Lipinski definition) is 1. The summed E-state index contributed by atoms with van der Waals surface area (Å²) in [4.78, 5) is 32.1. The Kier molecular flexibility index (Phi) is 5.59. The Morgan fingerprint density at radius 2 is 1.83 bits per heavy atom. The molecule has 11 nitrogen and oxygen atoms in total. The minimum atomic E-state index is -0.759. The van der Waals surface area contributed by atoms with Crippen molar-refractivity contribution >= 4 is 23.5 Å². The van der Waals surface area contributed by atoms with E-state index in [9.17, 15) is 25.0 Å². The molecule has 146 valence electrons. The summed E-state index contributed by atoms with van der Waals surface area (Å²) < 4.78 is 10.4. The van der Waals surface area contributed by atoms with E-state index in [1.165, 1.54) is 30.7 Å². The van der Waals surface area contributed by atoms with E-state index in [1.807, 2.05) is 0 Å². The Labute approximate surface area is 162 Å².